The first-order valence-corrected chi connectivity index (χ1v) is 7.33. The van der Waals surface area contributed by atoms with Crippen LogP contribution >= 0.6 is 0 Å². The van der Waals surface area contributed by atoms with Crippen molar-refractivity contribution in [2.45, 2.75) is 42.1 Å². The van der Waals surface area contributed by atoms with Gasteiger partial charge in [-0.2, -0.15) is 0 Å². The summed E-state index contributed by atoms with van der Waals surface area (Å²) in [6.45, 7) is 2.43. The topological polar surface area (TPSA) is 0 Å². The van der Waals surface area contributed by atoms with E-state index < -0.39 is 0 Å². The van der Waals surface area contributed by atoms with Gasteiger partial charge < -0.3 is 0 Å². The molecule has 0 nitrogen and oxygen atoms in total. The van der Waals surface area contributed by atoms with Gasteiger partial charge in [0, 0.05) is 0 Å². The molecule has 0 bridgehead atoms. The quantitative estimate of drug-likeness (QED) is 0.500. The normalized spacial score (nSPS) is 39.8. The van der Waals surface area contributed by atoms with E-state index in [1.807, 2.05) is 0 Å². The Labute approximate surface area is 56.5 Å². The average Bonchev–Trinajstić information content (AvgIpc) is 1.77. The zero-order valence-electron chi connectivity index (χ0n) is 5.81. The standard InChI is InChI=1S/C7H15Se/c1-7-5-3-4-6-8(7)2/h7H,3-6H2,1-2H3/q+1. The minimum atomic E-state index is -0.0694. The summed E-state index contributed by atoms with van der Waals surface area (Å²) in [4.78, 5) is 1.13. The Morgan fingerprint density at radius 2 is 2.12 bits per heavy atom. The van der Waals surface area contributed by atoms with Crippen molar-refractivity contribution in [3.05, 3.63) is 0 Å². The summed E-state index contributed by atoms with van der Waals surface area (Å²) in [5.74, 6) is 2.50. The maximum absolute atomic E-state index is 2.50. The van der Waals surface area contributed by atoms with Crippen LogP contribution in [0.3, 0.4) is 0 Å². The Morgan fingerprint density at radius 1 is 1.38 bits per heavy atom. The van der Waals surface area contributed by atoms with Gasteiger partial charge in [0.2, 0.25) is 0 Å². The summed E-state index contributed by atoms with van der Waals surface area (Å²) in [7, 11) is 0. The van der Waals surface area contributed by atoms with Crippen LogP contribution in [0.15, 0.2) is 0 Å². The second-order valence-corrected chi connectivity index (χ2v) is 8.15. The molecule has 1 aliphatic heterocycles. The van der Waals surface area contributed by atoms with Gasteiger partial charge in [-0.15, -0.1) is 0 Å². The molecular weight excluding hydrogens is 163 g/mol. The fourth-order valence-electron chi connectivity index (χ4n) is 1.16. The molecule has 0 aromatic carbocycles. The minimum absolute atomic E-state index is 0.0694. The summed E-state index contributed by atoms with van der Waals surface area (Å²) in [5.41, 5.74) is 0. The Morgan fingerprint density at radius 3 is 2.50 bits per heavy atom. The van der Waals surface area contributed by atoms with E-state index in [4.69, 9.17) is 0 Å². The molecular formula is C7H15Se+. The Balaban J connectivity index is 2.28. The van der Waals surface area contributed by atoms with Crippen LogP contribution in [0.2, 0.25) is 16.0 Å². The first-order chi connectivity index (χ1) is 3.80. The van der Waals surface area contributed by atoms with Gasteiger partial charge in [0.05, 0.1) is 0 Å². The van der Waals surface area contributed by atoms with Crippen LogP contribution in [-0.4, -0.2) is 13.9 Å². The third kappa shape index (κ3) is 1.50. The van der Waals surface area contributed by atoms with E-state index in [2.05, 4.69) is 12.7 Å². The SMILES string of the molecule is CC1CCCC[Se+]1C. The molecule has 0 aromatic rings. The van der Waals surface area contributed by atoms with Crippen molar-refractivity contribution in [1.29, 1.82) is 0 Å². The molecule has 1 heteroatoms. The molecule has 8 heavy (non-hydrogen) atoms. The van der Waals surface area contributed by atoms with Crippen LogP contribution in [0.5, 0.6) is 0 Å². The summed E-state index contributed by atoms with van der Waals surface area (Å²) < 4.78 is 0. The predicted molar refractivity (Wildman–Crippen MR) is 39.7 cm³/mol. The molecule has 2 atom stereocenters. The molecule has 0 radical (unpaired) electrons. The summed E-state index contributed by atoms with van der Waals surface area (Å²) in [6.07, 6.45) is 4.57. The van der Waals surface area contributed by atoms with Gasteiger partial charge in [-0.1, -0.05) is 0 Å². The van der Waals surface area contributed by atoms with Gasteiger partial charge in [-0.25, -0.2) is 0 Å². The molecule has 0 aliphatic carbocycles. The summed E-state index contributed by atoms with van der Waals surface area (Å²) >= 11 is -0.0694. The van der Waals surface area contributed by atoms with E-state index in [9.17, 15) is 0 Å². The monoisotopic (exact) mass is 179 g/mol. The van der Waals surface area contributed by atoms with Crippen LogP contribution in [0.4, 0.5) is 0 Å². The van der Waals surface area contributed by atoms with Gasteiger partial charge in [-0.3, -0.25) is 0 Å². The van der Waals surface area contributed by atoms with Crippen LogP contribution in [0.1, 0.15) is 26.2 Å². The third-order valence-electron chi connectivity index (χ3n) is 2.01. The molecule has 0 aromatic heterocycles. The first-order valence-electron chi connectivity index (χ1n) is 3.42. The molecule has 0 N–H and O–H groups in total. The fraction of sp³-hybridized carbons (Fsp3) is 1.00. The van der Waals surface area contributed by atoms with Crippen LogP contribution in [0, 0.1) is 0 Å². The van der Waals surface area contributed by atoms with Gasteiger partial charge in [0.1, 0.15) is 0 Å². The second-order valence-electron chi connectivity index (χ2n) is 2.70. The summed E-state index contributed by atoms with van der Waals surface area (Å²) in [5, 5.41) is 1.60. The number of hydrogen-bond donors (Lipinski definition) is 0. The number of hydrogen-bond acceptors (Lipinski definition) is 0. The molecule has 0 saturated carbocycles. The fourth-order valence-corrected chi connectivity index (χ4v) is 4.59. The zero-order chi connectivity index (χ0) is 5.98. The van der Waals surface area contributed by atoms with Crippen molar-refractivity contribution in [2.24, 2.45) is 0 Å². The number of rotatable bonds is 0. The van der Waals surface area contributed by atoms with E-state index in [1.165, 1.54) is 19.3 Å². The molecule has 0 spiro atoms. The molecule has 48 valence electrons. The van der Waals surface area contributed by atoms with Crippen molar-refractivity contribution >= 4 is 13.9 Å². The van der Waals surface area contributed by atoms with Gasteiger partial charge in [-0.05, 0) is 0 Å². The van der Waals surface area contributed by atoms with Crippen LogP contribution in [0.25, 0.3) is 0 Å². The van der Waals surface area contributed by atoms with Crippen molar-refractivity contribution in [1.82, 2.24) is 0 Å². The molecule has 1 heterocycles. The zero-order valence-corrected chi connectivity index (χ0v) is 7.53. The molecule has 0 amide bonds. The molecule has 1 aliphatic rings. The molecule has 2 unspecified atom stereocenters. The second kappa shape index (κ2) is 2.89. The maximum atomic E-state index is 2.50. The van der Waals surface area contributed by atoms with E-state index in [0.717, 1.165) is 4.82 Å². The van der Waals surface area contributed by atoms with E-state index in [0.29, 0.717) is 0 Å². The van der Waals surface area contributed by atoms with Crippen LogP contribution in [-0.2, 0) is 0 Å². The molecule has 1 saturated heterocycles. The van der Waals surface area contributed by atoms with Crippen molar-refractivity contribution in [3.63, 3.8) is 0 Å². The first kappa shape index (κ1) is 6.64. The van der Waals surface area contributed by atoms with E-state index in [1.54, 1.807) is 5.32 Å². The molecule has 1 fully saturated rings. The summed E-state index contributed by atoms with van der Waals surface area (Å²) in [6, 6.07) is 0. The predicted octanol–water partition coefficient (Wildman–Crippen LogP) is 2.69. The van der Waals surface area contributed by atoms with Crippen molar-refractivity contribution in [2.75, 3.05) is 0 Å². The van der Waals surface area contributed by atoms with Gasteiger partial charge in [0.25, 0.3) is 0 Å². The van der Waals surface area contributed by atoms with Gasteiger partial charge >= 0.3 is 56.0 Å². The van der Waals surface area contributed by atoms with E-state index >= 15 is 0 Å². The average molecular weight is 178 g/mol. The third-order valence-corrected chi connectivity index (χ3v) is 7.35. The Hall–Kier alpha value is 0.519. The van der Waals surface area contributed by atoms with Gasteiger partial charge in [0.15, 0.2) is 0 Å². The van der Waals surface area contributed by atoms with Crippen molar-refractivity contribution in [3.8, 4) is 0 Å². The van der Waals surface area contributed by atoms with Crippen molar-refractivity contribution < 1.29 is 0 Å². The Kier molecular flexibility index (Phi) is 2.40. The Bertz CT molecular complexity index is 60.8. The molecule has 1 rings (SSSR count). The van der Waals surface area contributed by atoms with Crippen LogP contribution < -0.4 is 0 Å². The van der Waals surface area contributed by atoms with E-state index in [-0.39, 0.29) is 13.9 Å².